The summed E-state index contributed by atoms with van der Waals surface area (Å²) >= 11 is 0. The van der Waals surface area contributed by atoms with Gasteiger partial charge in [-0.15, -0.1) is 0 Å². The van der Waals surface area contributed by atoms with E-state index in [-0.39, 0.29) is 48.8 Å². The Balaban J connectivity index is 1.68. The van der Waals surface area contributed by atoms with Gasteiger partial charge in [0.2, 0.25) is 0 Å². The van der Waals surface area contributed by atoms with Crippen molar-refractivity contribution in [3.05, 3.63) is 0 Å². The molecule has 36 heavy (non-hydrogen) atoms. The molecule has 0 radical (unpaired) electrons. The molecule has 7 fully saturated rings. The molecule has 0 aromatic heterocycles. The predicted octanol–water partition coefficient (Wildman–Crippen LogP) is -0.172. The van der Waals surface area contributed by atoms with Crippen LogP contribution in [0.3, 0.4) is 0 Å². The number of piperidine rings is 1. The molecule has 10 nitrogen and oxygen atoms in total. The highest BCUT2D eigenvalue weighted by Gasteiger charge is 2.87. The van der Waals surface area contributed by atoms with Gasteiger partial charge in [-0.05, 0) is 12.5 Å². The Morgan fingerprint density at radius 1 is 0.944 bits per heavy atom. The molecule has 7 rings (SSSR count). The average molecular weight is 514 g/mol. The first kappa shape index (κ1) is 25.9. The van der Waals surface area contributed by atoms with E-state index in [9.17, 15) is 15.3 Å². The van der Waals surface area contributed by atoms with Crippen molar-refractivity contribution in [1.82, 2.24) is 4.90 Å². The van der Waals surface area contributed by atoms with Crippen molar-refractivity contribution in [2.75, 3.05) is 55.2 Å². The first-order valence-electron chi connectivity index (χ1n) is 13.3. The van der Waals surface area contributed by atoms with E-state index in [0.29, 0.717) is 19.6 Å². The summed E-state index contributed by atoms with van der Waals surface area (Å²) in [5, 5.41) is 36.6. The fourth-order valence-corrected chi connectivity index (χ4v) is 10.7. The number of hydrogen-bond donors (Lipinski definition) is 3. The lowest BCUT2D eigenvalue weighted by molar-refractivity contribution is -0.389. The minimum Gasteiger partial charge on any atom is -0.392 e. The molecule has 3 aliphatic heterocycles. The van der Waals surface area contributed by atoms with Crippen molar-refractivity contribution in [1.29, 1.82) is 0 Å². The number of likely N-dealkylation sites (tertiary alicyclic amines) is 1. The Bertz CT molecular complexity index is 878. The van der Waals surface area contributed by atoms with Gasteiger partial charge in [0.05, 0.1) is 30.5 Å². The maximum absolute atomic E-state index is 12.9. The van der Waals surface area contributed by atoms with E-state index in [0.717, 1.165) is 6.54 Å². The van der Waals surface area contributed by atoms with Crippen molar-refractivity contribution in [2.45, 2.75) is 74.3 Å². The number of aliphatic hydroxyl groups is 3. The largest absolute Gasteiger partial charge is 0.392 e. The zero-order chi connectivity index (χ0) is 25.8. The summed E-state index contributed by atoms with van der Waals surface area (Å²) < 4.78 is 36.3. The highest BCUT2D eigenvalue weighted by molar-refractivity contribution is 5.35. The zero-order valence-electron chi connectivity index (χ0n) is 22.3. The van der Waals surface area contributed by atoms with Gasteiger partial charge >= 0.3 is 0 Å². The summed E-state index contributed by atoms with van der Waals surface area (Å²) in [6.07, 6.45) is -1.91. The van der Waals surface area contributed by atoms with Crippen LogP contribution in [0.4, 0.5) is 0 Å². The average Bonchev–Trinajstić information content (AvgIpc) is 2.95. The number of ether oxygens (including phenoxy) is 6. The fraction of sp³-hybridized carbons (Fsp3) is 1.00. The van der Waals surface area contributed by atoms with Crippen LogP contribution < -0.4 is 0 Å². The number of rotatable bonds is 7. The minimum absolute atomic E-state index is 0.0680. The summed E-state index contributed by atoms with van der Waals surface area (Å²) in [4.78, 5) is 2.41. The molecule has 3 N–H and O–H groups in total. The van der Waals surface area contributed by atoms with Crippen molar-refractivity contribution in [2.24, 2.45) is 34.5 Å². The lowest BCUT2D eigenvalue weighted by Crippen LogP contribution is -2.79. The molecule has 1 unspecified atom stereocenters. The second-order valence-electron chi connectivity index (χ2n) is 12.2. The number of nitrogens with zero attached hydrogens (tertiary/aromatic N) is 1. The minimum atomic E-state index is -1.62. The van der Waals surface area contributed by atoms with E-state index in [1.54, 1.807) is 35.5 Å². The molecule has 4 aliphatic carbocycles. The molecule has 9 bridgehead atoms. The van der Waals surface area contributed by atoms with Gasteiger partial charge in [-0.1, -0.05) is 6.92 Å². The molecular formula is C26H43NO9. The predicted molar refractivity (Wildman–Crippen MR) is 126 cm³/mol. The van der Waals surface area contributed by atoms with E-state index in [1.807, 2.05) is 0 Å². The molecule has 3 saturated heterocycles. The number of aliphatic hydroxyl groups excluding tert-OH is 1. The van der Waals surface area contributed by atoms with Gasteiger partial charge in [-0.3, -0.25) is 4.90 Å². The van der Waals surface area contributed by atoms with Crippen LogP contribution in [-0.4, -0.2) is 124 Å². The second kappa shape index (κ2) is 8.30. The smallest absolute Gasteiger partial charge is 0.195 e. The molecule has 10 heteroatoms. The van der Waals surface area contributed by atoms with E-state index in [2.05, 4.69) is 11.8 Å². The van der Waals surface area contributed by atoms with E-state index in [1.165, 1.54) is 0 Å². The Kier molecular flexibility index (Phi) is 5.96. The van der Waals surface area contributed by atoms with Crippen molar-refractivity contribution in [3.63, 3.8) is 0 Å². The highest BCUT2D eigenvalue weighted by Crippen LogP contribution is 2.78. The topological polar surface area (TPSA) is 119 Å². The third kappa shape index (κ3) is 2.67. The lowest BCUT2D eigenvalue weighted by atomic mass is 9.41. The van der Waals surface area contributed by atoms with Gasteiger partial charge in [0, 0.05) is 96.0 Å². The zero-order valence-corrected chi connectivity index (χ0v) is 22.3. The second-order valence-corrected chi connectivity index (χ2v) is 12.2. The normalized spacial score (nSPS) is 59.2. The molecule has 0 amide bonds. The van der Waals surface area contributed by atoms with Gasteiger partial charge in [-0.2, -0.15) is 0 Å². The SMILES string of the molecule is CCN1C[C@]2(COC)[C@H](O)C[C@H](OC)[C@]34C1[C@H]([C@H](OC)[C@H]23)[C@@]1(O)C[C@H](OC)[C@@]2(O)C[C@@H]4[C@@H]1[C@H](OC)O2. The van der Waals surface area contributed by atoms with Crippen LogP contribution in [0.15, 0.2) is 0 Å². The number of methoxy groups -OCH3 is 5. The maximum atomic E-state index is 12.9. The molecule has 3 heterocycles. The van der Waals surface area contributed by atoms with Gasteiger partial charge < -0.3 is 43.7 Å². The molecule has 14 atom stereocenters. The van der Waals surface area contributed by atoms with Gasteiger partial charge in [0.15, 0.2) is 12.1 Å². The van der Waals surface area contributed by atoms with Crippen LogP contribution in [0, 0.1) is 34.5 Å². The molecular weight excluding hydrogens is 470 g/mol. The maximum Gasteiger partial charge on any atom is 0.195 e. The summed E-state index contributed by atoms with van der Waals surface area (Å²) in [6, 6.07) is -0.0680. The van der Waals surface area contributed by atoms with Gasteiger partial charge in [-0.25, -0.2) is 0 Å². The van der Waals surface area contributed by atoms with Crippen LogP contribution in [0.5, 0.6) is 0 Å². The van der Waals surface area contributed by atoms with Crippen LogP contribution in [0.25, 0.3) is 0 Å². The van der Waals surface area contributed by atoms with Gasteiger partial charge in [0.25, 0.3) is 0 Å². The van der Waals surface area contributed by atoms with Crippen LogP contribution in [0.1, 0.15) is 26.2 Å². The Morgan fingerprint density at radius 2 is 1.67 bits per heavy atom. The summed E-state index contributed by atoms with van der Waals surface area (Å²) in [7, 11) is 8.22. The Morgan fingerprint density at radius 3 is 2.25 bits per heavy atom. The Hall–Kier alpha value is -0.400. The molecule has 0 aromatic carbocycles. The number of hydrogen-bond acceptors (Lipinski definition) is 10. The third-order valence-electron chi connectivity index (χ3n) is 11.5. The summed E-state index contributed by atoms with van der Waals surface area (Å²) in [6.45, 7) is 3.90. The molecule has 0 aromatic rings. The quantitative estimate of drug-likeness (QED) is 0.423. The van der Waals surface area contributed by atoms with Crippen molar-refractivity contribution in [3.8, 4) is 0 Å². The first-order chi connectivity index (χ1) is 17.2. The molecule has 206 valence electrons. The lowest BCUT2D eigenvalue weighted by Gasteiger charge is -2.71. The van der Waals surface area contributed by atoms with Crippen LogP contribution in [-0.2, 0) is 28.4 Å². The van der Waals surface area contributed by atoms with E-state index < -0.39 is 46.6 Å². The van der Waals surface area contributed by atoms with E-state index >= 15 is 0 Å². The summed E-state index contributed by atoms with van der Waals surface area (Å²) in [5.41, 5.74) is -2.43. The standard InChI is InChI=1S/C26H43NO9/c1-7-27-11-23(12-31-2)14(28)8-15(32-3)26-13-9-25(30)16(33-4)10-24(29,17(13)22(35-6)36-25)18(21(26)27)19(34-5)20(23)26/h13-22,28-30H,7-12H2,1-6H3/t13-,14-,15+,16+,17-,18+,19+,20-,21?,22-,23+,24-,25-,26+/m1/s1. The van der Waals surface area contributed by atoms with Crippen LogP contribution >= 0.6 is 0 Å². The third-order valence-corrected chi connectivity index (χ3v) is 11.5. The molecule has 7 aliphatic rings. The van der Waals surface area contributed by atoms with E-state index in [4.69, 9.17) is 28.4 Å². The molecule has 4 saturated carbocycles. The van der Waals surface area contributed by atoms with Crippen molar-refractivity contribution >= 4 is 0 Å². The molecule has 1 spiro atoms. The Labute approximate surface area is 213 Å². The van der Waals surface area contributed by atoms with Gasteiger partial charge in [0.1, 0.15) is 6.10 Å². The monoisotopic (exact) mass is 513 g/mol. The van der Waals surface area contributed by atoms with Crippen molar-refractivity contribution < 1.29 is 43.7 Å². The first-order valence-corrected chi connectivity index (χ1v) is 13.3. The fourth-order valence-electron chi connectivity index (χ4n) is 10.7. The van der Waals surface area contributed by atoms with Crippen LogP contribution in [0.2, 0.25) is 0 Å². The summed E-state index contributed by atoms with van der Waals surface area (Å²) in [5.74, 6) is -2.74. The highest BCUT2D eigenvalue weighted by atomic mass is 16.7. The number of fused-ring (bicyclic) bond motifs is 2.